The molecule has 1 aromatic carbocycles. The molecule has 1 fully saturated rings. The molecule has 0 N–H and O–H groups in total. The van der Waals surface area contributed by atoms with Crippen molar-refractivity contribution in [2.24, 2.45) is 0 Å². The highest BCUT2D eigenvalue weighted by Crippen LogP contribution is 2.22. The van der Waals surface area contributed by atoms with Crippen molar-refractivity contribution in [2.45, 2.75) is 13.5 Å². The summed E-state index contributed by atoms with van der Waals surface area (Å²) in [7, 11) is 0. The van der Waals surface area contributed by atoms with Crippen LogP contribution in [0, 0.1) is 5.82 Å². The number of hydrogen-bond donors (Lipinski definition) is 0. The number of hydrogen-bond acceptors (Lipinski definition) is 7. The number of benzene rings is 1. The van der Waals surface area contributed by atoms with Crippen LogP contribution in [0.25, 0.3) is 11.7 Å². The van der Waals surface area contributed by atoms with Crippen molar-refractivity contribution in [3.05, 3.63) is 58.5 Å². The number of ketones is 1. The van der Waals surface area contributed by atoms with Gasteiger partial charge in [0.15, 0.2) is 11.5 Å². The highest BCUT2D eigenvalue weighted by atomic mass is 19.1. The lowest BCUT2D eigenvalue weighted by atomic mass is 10.1. The summed E-state index contributed by atoms with van der Waals surface area (Å²) >= 11 is 0. The average Bonchev–Trinajstić information content (AvgIpc) is 3.38. The van der Waals surface area contributed by atoms with Crippen LogP contribution >= 0.6 is 0 Å². The first-order valence-corrected chi connectivity index (χ1v) is 9.37. The van der Waals surface area contributed by atoms with E-state index in [4.69, 9.17) is 8.83 Å². The molecular weight excluding hydrogens is 395 g/mol. The van der Waals surface area contributed by atoms with Crippen LogP contribution in [0.4, 0.5) is 10.1 Å². The quantitative estimate of drug-likeness (QED) is 0.587. The Morgan fingerprint density at radius 3 is 2.57 bits per heavy atom. The van der Waals surface area contributed by atoms with E-state index in [9.17, 15) is 18.8 Å². The number of piperazine rings is 1. The topological polar surface area (TPSA) is 102 Å². The maximum atomic E-state index is 14.4. The maximum absolute atomic E-state index is 14.4. The van der Waals surface area contributed by atoms with Crippen LogP contribution in [0.5, 0.6) is 0 Å². The summed E-state index contributed by atoms with van der Waals surface area (Å²) in [5, 5.41) is 3.99. The molecule has 4 rings (SSSR count). The summed E-state index contributed by atoms with van der Waals surface area (Å²) in [5.74, 6) is -1.41. The Morgan fingerprint density at radius 1 is 1.17 bits per heavy atom. The van der Waals surface area contributed by atoms with Crippen molar-refractivity contribution < 1.29 is 22.8 Å². The third-order valence-electron chi connectivity index (χ3n) is 4.95. The third-order valence-corrected chi connectivity index (χ3v) is 4.95. The first kappa shape index (κ1) is 19.6. The van der Waals surface area contributed by atoms with Gasteiger partial charge >= 0.3 is 5.76 Å². The van der Waals surface area contributed by atoms with E-state index < -0.39 is 11.6 Å². The van der Waals surface area contributed by atoms with Gasteiger partial charge in [0.05, 0.1) is 12.0 Å². The van der Waals surface area contributed by atoms with Crippen LogP contribution < -0.4 is 10.7 Å². The molecule has 0 saturated carbocycles. The Kier molecular flexibility index (Phi) is 5.21. The van der Waals surface area contributed by atoms with Crippen LogP contribution in [-0.4, -0.2) is 52.5 Å². The predicted octanol–water partition coefficient (Wildman–Crippen LogP) is 1.79. The van der Waals surface area contributed by atoms with Gasteiger partial charge in [-0.25, -0.2) is 9.18 Å². The molecule has 3 aromatic rings. The molecule has 1 saturated heterocycles. The lowest BCUT2D eigenvalue weighted by Crippen LogP contribution is -2.50. The van der Waals surface area contributed by atoms with Crippen molar-refractivity contribution in [3.63, 3.8) is 0 Å². The summed E-state index contributed by atoms with van der Waals surface area (Å²) in [6.45, 7) is 2.71. The molecule has 1 aliphatic rings. The number of Topliss-reactive ketones (excluding diaryl/α,β-unsaturated/α-hetero) is 1. The van der Waals surface area contributed by atoms with Crippen LogP contribution in [0.2, 0.25) is 0 Å². The van der Waals surface area contributed by atoms with Gasteiger partial charge in [0.2, 0.25) is 5.91 Å². The Morgan fingerprint density at radius 2 is 1.93 bits per heavy atom. The van der Waals surface area contributed by atoms with E-state index in [0.717, 1.165) is 4.68 Å². The van der Waals surface area contributed by atoms with E-state index in [1.807, 2.05) is 4.90 Å². The number of nitrogens with zero attached hydrogens (tertiary/aromatic N) is 4. The number of anilines is 1. The minimum absolute atomic E-state index is 0.00658. The zero-order chi connectivity index (χ0) is 21.3. The van der Waals surface area contributed by atoms with Crippen LogP contribution in [-0.2, 0) is 11.3 Å². The first-order chi connectivity index (χ1) is 14.4. The van der Waals surface area contributed by atoms with Gasteiger partial charge in [-0.15, -0.1) is 5.10 Å². The van der Waals surface area contributed by atoms with E-state index in [0.29, 0.717) is 43.2 Å². The normalized spacial score (nSPS) is 14.2. The zero-order valence-corrected chi connectivity index (χ0v) is 16.2. The number of carbonyl (C=O) groups excluding carboxylic acids is 2. The van der Waals surface area contributed by atoms with Crippen molar-refractivity contribution >= 4 is 17.4 Å². The van der Waals surface area contributed by atoms with E-state index >= 15 is 0 Å². The van der Waals surface area contributed by atoms with Gasteiger partial charge in [-0.2, -0.15) is 4.68 Å². The molecule has 9 nitrogen and oxygen atoms in total. The molecule has 0 atom stereocenters. The Labute approximate surface area is 170 Å². The Balaban J connectivity index is 1.38. The Bertz CT molecular complexity index is 1130. The fourth-order valence-corrected chi connectivity index (χ4v) is 3.31. The average molecular weight is 414 g/mol. The summed E-state index contributed by atoms with van der Waals surface area (Å²) in [6.07, 6.45) is 1.43. The highest BCUT2D eigenvalue weighted by molar-refractivity contribution is 5.94. The Hall–Kier alpha value is -3.69. The monoisotopic (exact) mass is 414 g/mol. The number of rotatable bonds is 5. The highest BCUT2D eigenvalue weighted by Gasteiger charge is 2.24. The molecule has 156 valence electrons. The predicted molar refractivity (Wildman–Crippen MR) is 104 cm³/mol. The SMILES string of the molecule is CC(=O)c1ccc(N2CCN(C(=O)Cn3nc(-c4ccco4)oc3=O)CC2)c(F)c1. The lowest BCUT2D eigenvalue weighted by Gasteiger charge is -2.36. The summed E-state index contributed by atoms with van der Waals surface area (Å²) in [5.41, 5.74) is 0.708. The minimum atomic E-state index is -0.749. The molecule has 1 aliphatic heterocycles. The van der Waals surface area contributed by atoms with Crippen LogP contribution in [0.1, 0.15) is 17.3 Å². The number of aromatic nitrogens is 2. The van der Waals surface area contributed by atoms with Crippen molar-refractivity contribution in [2.75, 3.05) is 31.1 Å². The maximum Gasteiger partial charge on any atom is 0.437 e. The minimum Gasteiger partial charge on any atom is -0.459 e. The second-order valence-electron chi connectivity index (χ2n) is 6.90. The van der Waals surface area contributed by atoms with Crippen LogP contribution in [0.3, 0.4) is 0 Å². The molecule has 0 unspecified atom stereocenters. The summed E-state index contributed by atoms with van der Waals surface area (Å²) in [4.78, 5) is 39.3. The van der Waals surface area contributed by atoms with E-state index in [2.05, 4.69) is 5.10 Å². The van der Waals surface area contributed by atoms with E-state index in [1.165, 1.54) is 19.3 Å². The standard InChI is InChI=1S/C20H19FN4O5/c1-13(26)14-4-5-16(15(21)11-14)23-6-8-24(9-7-23)18(27)12-25-20(28)30-19(22-25)17-3-2-10-29-17/h2-5,10-11H,6-9,12H2,1H3. The molecule has 0 aliphatic carbocycles. The molecule has 0 bridgehead atoms. The molecule has 0 spiro atoms. The smallest absolute Gasteiger partial charge is 0.437 e. The van der Waals surface area contributed by atoms with E-state index in [-0.39, 0.29) is 24.1 Å². The number of carbonyl (C=O) groups is 2. The van der Waals surface area contributed by atoms with Crippen LogP contribution in [0.15, 0.2) is 50.2 Å². The molecule has 2 aromatic heterocycles. The largest absolute Gasteiger partial charge is 0.459 e. The first-order valence-electron chi connectivity index (χ1n) is 9.37. The summed E-state index contributed by atoms with van der Waals surface area (Å²) < 4.78 is 25.5. The second kappa shape index (κ2) is 7.97. The van der Waals surface area contributed by atoms with Crippen molar-refractivity contribution in [3.8, 4) is 11.7 Å². The lowest BCUT2D eigenvalue weighted by molar-refractivity contribution is -0.132. The number of furan rings is 1. The van der Waals surface area contributed by atoms with Gasteiger partial charge in [-0.1, -0.05) is 0 Å². The van der Waals surface area contributed by atoms with Gasteiger partial charge in [0, 0.05) is 31.7 Å². The molecule has 1 amide bonds. The van der Waals surface area contributed by atoms with Gasteiger partial charge in [0.25, 0.3) is 5.89 Å². The van der Waals surface area contributed by atoms with Crippen molar-refractivity contribution in [1.29, 1.82) is 0 Å². The molecular formula is C20H19FN4O5. The number of amides is 1. The molecule has 30 heavy (non-hydrogen) atoms. The number of halogens is 1. The third kappa shape index (κ3) is 3.88. The summed E-state index contributed by atoms with van der Waals surface area (Å²) in [6, 6.07) is 7.62. The van der Waals surface area contributed by atoms with Crippen molar-refractivity contribution in [1.82, 2.24) is 14.7 Å². The van der Waals surface area contributed by atoms with Gasteiger partial charge < -0.3 is 18.6 Å². The van der Waals surface area contributed by atoms with Gasteiger partial charge in [0.1, 0.15) is 12.4 Å². The van der Waals surface area contributed by atoms with Gasteiger partial charge in [-0.05, 0) is 37.3 Å². The van der Waals surface area contributed by atoms with E-state index in [1.54, 1.807) is 29.2 Å². The fourth-order valence-electron chi connectivity index (χ4n) is 3.31. The molecule has 0 radical (unpaired) electrons. The zero-order valence-electron chi connectivity index (χ0n) is 16.2. The van der Waals surface area contributed by atoms with Gasteiger partial charge in [-0.3, -0.25) is 9.59 Å². The fraction of sp³-hybridized carbons (Fsp3) is 0.300. The molecule has 10 heteroatoms. The molecule has 3 heterocycles. The second-order valence-corrected chi connectivity index (χ2v) is 6.90.